The lowest BCUT2D eigenvalue weighted by atomic mass is 9.91. The third-order valence-corrected chi connectivity index (χ3v) is 8.17. The number of alkyl halides is 3. The average molecular weight is 689 g/mol. The maximum Gasteiger partial charge on any atom is 0.422 e. The van der Waals surface area contributed by atoms with Crippen LogP contribution in [0.5, 0.6) is 0 Å². The summed E-state index contributed by atoms with van der Waals surface area (Å²) in [6.07, 6.45) is -4.18. The molecule has 5 atom stereocenters. The van der Waals surface area contributed by atoms with Crippen LogP contribution in [0.4, 0.5) is 13.2 Å². The number of esters is 2. The minimum Gasteiger partial charge on any atom is -0.456 e. The number of hydrogen-bond donors (Lipinski definition) is 4. The monoisotopic (exact) mass is 688 g/mol. The Balaban J connectivity index is 1.31. The van der Waals surface area contributed by atoms with E-state index in [1.807, 2.05) is 24.3 Å². The zero-order chi connectivity index (χ0) is 35.3. The van der Waals surface area contributed by atoms with Crippen LogP contribution >= 0.6 is 0 Å². The number of carbonyl (C=O) groups is 4. The van der Waals surface area contributed by atoms with Gasteiger partial charge in [-0.3, -0.25) is 9.59 Å². The smallest absolute Gasteiger partial charge is 0.422 e. The summed E-state index contributed by atoms with van der Waals surface area (Å²) < 4.78 is 59.7. The summed E-state index contributed by atoms with van der Waals surface area (Å²) in [5, 5.41) is 24.2. The number of aliphatic hydroxyl groups is 2. The molecule has 12 nitrogen and oxygen atoms in total. The molecule has 5 unspecified atom stereocenters. The van der Waals surface area contributed by atoms with Gasteiger partial charge in [0.25, 0.3) is 0 Å². The van der Waals surface area contributed by atoms with Gasteiger partial charge in [0.15, 0.2) is 12.4 Å². The van der Waals surface area contributed by atoms with Crippen molar-refractivity contribution in [3.8, 4) is 0 Å². The third kappa shape index (κ3) is 8.92. The first-order valence-electron chi connectivity index (χ1n) is 15.5. The Bertz CT molecular complexity index is 1600. The third-order valence-electron chi connectivity index (χ3n) is 8.17. The molecule has 5 rings (SSSR count). The summed E-state index contributed by atoms with van der Waals surface area (Å²) in [4.78, 5) is 50.9. The lowest BCUT2D eigenvalue weighted by Crippen LogP contribution is -2.54. The highest BCUT2D eigenvalue weighted by Crippen LogP contribution is 2.45. The van der Waals surface area contributed by atoms with E-state index in [-0.39, 0.29) is 30.7 Å². The number of fused-ring (bicyclic) bond motifs is 2. The number of hydrogen-bond acceptors (Lipinski definition) is 10. The zero-order valence-electron chi connectivity index (χ0n) is 26.3. The lowest BCUT2D eigenvalue weighted by molar-refractivity contribution is -0.182. The molecule has 2 aromatic rings. The summed E-state index contributed by atoms with van der Waals surface area (Å²) in [5.41, 5.74) is 2.70. The molecule has 1 aliphatic heterocycles. The predicted molar refractivity (Wildman–Crippen MR) is 164 cm³/mol. The van der Waals surface area contributed by atoms with E-state index in [4.69, 9.17) is 19.3 Å². The van der Waals surface area contributed by atoms with Crippen LogP contribution < -0.4 is 10.6 Å². The number of aliphatic hydroxyl groups excluding tert-OH is 2. The molecule has 3 aliphatic rings. The van der Waals surface area contributed by atoms with Gasteiger partial charge in [-0.25, -0.2) is 9.59 Å². The minimum atomic E-state index is -4.65. The van der Waals surface area contributed by atoms with E-state index in [9.17, 15) is 37.5 Å². The summed E-state index contributed by atoms with van der Waals surface area (Å²) >= 11 is 0. The Morgan fingerprint density at radius 1 is 1.06 bits per heavy atom. The molecule has 1 spiro atoms. The molecule has 4 N–H and O–H groups in total. The van der Waals surface area contributed by atoms with Crippen LogP contribution in [0.15, 0.2) is 66.3 Å². The Morgan fingerprint density at radius 2 is 1.73 bits per heavy atom. The molecule has 2 aromatic carbocycles. The molecular weight excluding hydrogens is 653 g/mol. The fourth-order valence-corrected chi connectivity index (χ4v) is 5.89. The topological polar surface area (TPSA) is 170 Å². The van der Waals surface area contributed by atoms with Gasteiger partial charge in [-0.15, -0.1) is 0 Å². The van der Waals surface area contributed by atoms with Gasteiger partial charge in [0.05, 0.1) is 18.3 Å². The highest BCUT2D eigenvalue weighted by Gasteiger charge is 2.55. The molecule has 0 aromatic heterocycles. The minimum absolute atomic E-state index is 0.0795. The van der Waals surface area contributed by atoms with E-state index in [0.29, 0.717) is 18.4 Å². The maximum atomic E-state index is 13.5. The first kappa shape index (κ1) is 35.7. The average Bonchev–Trinajstić information content (AvgIpc) is 3.61. The van der Waals surface area contributed by atoms with Crippen molar-refractivity contribution in [2.75, 3.05) is 19.8 Å². The summed E-state index contributed by atoms with van der Waals surface area (Å²) in [6.45, 7) is -0.804. The van der Waals surface area contributed by atoms with Gasteiger partial charge in [-0.2, -0.15) is 13.2 Å². The first-order valence-corrected chi connectivity index (χ1v) is 15.5. The van der Waals surface area contributed by atoms with Gasteiger partial charge in [-0.05, 0) is 47.9 Å². The van der Waals surface area contributed by atoms with Crippen molar-refractivity contribution in [2.45, 2.75) is 68.6 Å². The normalized spacial score (nSPS) is 22.1. The molecule has 0 bridgehead atoms. The number of halogens is 3. The molecule has 1 heterocycles. The molecule has 0 radical (unpaired) electrons. The summed E-state index contributed by atoms with van der Waals surface area (Å²) in [7, 11) is 0. The van der Waals surface area contributed by atoms with Crippen LogP contribution in [0.3, 0.4) is 0 Å². The molecule has 1 saturated heterocycles. The molecule has 0 saturated carbocycles. The van der Waals surface area contributed by atoms with Crippen LogP contribution in [0.2, 0.25) is 0 Å². The van der Waals surface area contributed by atoms with E-state index < -0.39 is 72.8 Å². The second kappa shape index (κ2) is 14.9. The van der Waals surface area contributed by atoms with Crippen molar-refractivity contribution in [3.63, 3.8) is 0 Å². The fraction of sp³-hybridized carbons (Fsp3) is 0.412. The zero-order valence-corrected chi connectivity index (χ0v) is 26.3. The molecule has 15 heteroatoms. The number of carbonyl (C=O) groups excluding carboxylic acids is 4. The fourth-order valence-electron chi connectivity index (χ4n) is 5.89. The standard InChI is InChI=1S/C34H35F3N2O10/c1-19(41)28(31(44)38-12-13-40)39-30(43)24-14-25(29-26(15-24)48-33(49-29)16-22-4-2-3-5-23(22)17-33)47-32(45)21-9-6-20(7-10-21)8-11-27(42)46-18-34(35,36)37/h2-11,15,19,25-26,28-29,40-41H,12-14,16-18H2,1H3,(H,38,44)(H,39,43). The highest BCUT2D eigenvalue weighted by atomic mass is 19.4. The van der Waals surface area contributed by atoms with Gasteiger partial charge in [0.2, 0.25) is 11.8 Å². The van der Waals surface area contributed by atoms with Gasteiger partial charge in [0, 0.05) is 37.5 Å². The van der Waals surface area contributed by atoms with Crippen molar-refractivity contribution >= 4 is 29.8 Å². The van der Waals surface area contributed by atoms with E-state index in [0.717, 1.165) is 17.2 Å². The molecule has 49 heavy (non-hydrogen) atoms. The first-order chi connectivity index (χ1) is 23.3. The van der Waals surface area contributed by atoms with Crippen LogP contribution in [-0.4, -0.2) is 96.1 Å². The van der Waals surface area contributed by atoms with Crippen molar-refractivity contribution in [3.05, 3.63) is 88.5 Å². The Labute approximate surface area is 278 Å². The second-order valence-electron chi connectivity index (χ2n) is 11.9. The van der Waals surface area contributed by atoms with Gasteiger partial charge < -0.3 is 39.8 Å². The highest BCUT2D eigenvalue weighted by molar-refractivity contribution is 5.97. The number of rotatable bonds is 11. The van der Waals surface area contributed by atoms with Crippen LogP contribution in [0.1, 0.15) is 40.4 Å². The van der Waals surface area contributed by atoms with Crippen molar-refractivity contribution in [2.24, 2.45) is 0 Å². The second-order valence-corrected chi connectivity index (χ2v) is 11.9. The van der Waals surface area contributed by atoms with Crippen molar-refractivity contribution in [1.29, 1.82) is 0 Å². The molecule has 1 fully saturated rings. The largest absolute Gasteiger partial charge is 0.456 e. The Hall–Kier alpha value is -4.57. The van der Waals surface area contributed by atoms with Crippen LogP contribution in [0.25, 0.3) is 6.08 Å². The number of benzene rings is 2. The Kier molecular flexibility index (Phi) is 10.9. The molecule has 2 aliphatic carbocycles. The SMILES string of the molecule is CC(O)C(NC(=O)C1=CC2OC3(Cc4ccccc4C3)OC2C(OC(=O)c2ccc(C=CC(=O)OCC(F)(F)F)cc2)C1)C(=O)NCCO. The number of nitrogens with one attached hydrogen (secondary N) is 2. The van der Waals surface area contributed by atoms with E-state index in [1.54, 1.807) is 6.08 Å². The van der Waals surface area contributed by atoms with Crippen molar-refractivity contribution < 1.29 is 61.5 Å². The Morgan fingerprint density at radius 3 is 2.35 bits per heavy atom. The molecule has 2 amide bonds. The van der Waals surface area contributed by atoms with Crippen molar-refractivity contribution in [1.82, 2.24) is 10.6 Å². The van der Waals surface area contributed by atoms with E-state index >= 15 is 0 Å². The molecule has 262 valence electrons. The van der Waals surface area contributed by atoms with E-state index in [2.05, 4.69) is 15.4 Å². The summed E-state index contributed by atoms with van der Waals surface area (Å²) in [6, 6.07) is 12.1. The van der Waals surface area contributed by atoms with Crippen LogP contribution in [0, 0.1) is 0 Å². The molecular formula is C34H35F3N2O10. The van der Waals surface area contributed by atoms with E-state index in [1.165, 1.54) is 37.3 Å². The maximum absolute atomic E-state index is 13.5. The lowest BCUT2D eigenvalue weighted by Gasteiger charge is -2.31. The van der Waals surface area contributed by atoms with Gasteiger partial charge in [0.1, 0.15) is 24.4 Å². The summed E-state index contributed by atoms with van der Waals surface area (Å²) in [5.74, 6) is -4.42. The van der Waals surface area contributed by atoms with Gasteiger partial charge in [-0.1, -0.05) is 36.4 Å². The van der Waals surface area contributed by atoms with Crippen LogP contribution in [-0.2, 0) is 46.2 Å². The predicted octanol–water partition coefficient (Wildman–Crippen LogP) is 1.91. The quantitative estimate of drug-likeness (QED) is 0.202. The number of amides is 2. The number of ether oxygens (including phenoxy) is 4. The van der Waals surface area contributed by atoms with Gasteiger partial charge >= 0.3 is 18.1 Å².